The minimum Gasteiger partial charge on any atom is -0.354 e. The summed E-state index contributed by atoms with van der Waals surface area (Å²) in [6.45, 7) is 2.59. The number of nitrogens with one attached hydrogen (secondary N) is 2. The predicted octanol–water partition coefficient (Wildman–Crippen LogP) is 1.00. The van der Waals surface area contributed by atoms with E-state index in [1.807, 2.05) is 13.2 Å². The number of thioether (sulfide) groups is 1. The molecule has 2 rings (SSSR count). The highest BCUT2D eigenvalue weighted by Gasteiger charge is 2.07. The molecule has 0 saturated carbocycles. The van der Waals surface area contributed by atoms with Crippen molar-refractivity contribution < 1.29 is 0 Å². The van der Waals surface area contributed by atoms with Crippen molar-refractivity contribution in [3.8, 4) is 0 Å². The van der Waals surface area contributed by atoms with Crippen LogP contribution in [0.1, 0.15) is 6.92 Å². The van der Waals surface area contributed by atoms with Crippen LogP contribution in [0, 0.1) is 0 Å². The molecule has 0 bridgehead atoms. The van der Waals surface area contributed by atoms with Gasteiger partial charge in [0, 0.05) is 6.54 Å². The topological polar surface area (TPSA) is 114 Å². The van der Waals surface area contributed by atoms with Gasteiger partial charge in [-0.05, 0) is 24.8 Å². The molecule has 9 nitrogen and oxygen atoms in total. The molecule has 2 heterocycles. The second-order valence-electron chi connectivity index (χ2n) is 3.12. The van der Waals surface area contributed by atoms with Crippen LogP contribution in [0.5, 0.6) is 0 Å². The largest absolute Gasteiger partial charge is 0.354 e. The third kappa shape index (κ3) is 3.83. The van der Waals surface area contributed by atoms with E-state index in [9.17, 15) is 0 Å². The minimum atomic E-state index is 0.0649. The smallest absolute Gasteiger partial charge is 0.268 e. The number of hydrogen-bond acceptors (Lipinski definition) is 10. The van der Waals surface area contributed by atoms with E-state index < -0.39 is 0 Å². The predicted molar refractivity (Wildman–Crippen MR) is 71.7 cm³/mol. The van der Waals surface area contributed by atoms with E-state index in [1.54, 1.807) is 0 Å². The summed E-state index contributed by atoms with van der Waals surface area (Å²) in [4.78, 5) is 11.9. The fraction of sp³-hybridized carbons (Fsp3) is 0.375. The molecule has 0 saturated heterocycles. The van der Waals surface area contributed by atoms with Crippen molar-refractivity contribution >= 4 is 41.2 Å². The Balaban J connectivity index is 2.17. The summed E-state index contributed by atoms with van der Waals surface area (Å²) in [7, 11) is 0. The van der Waals surface area contributed by atoms with Crippen molar-refractivity contribution in [2.24, 2.45) is 0 Å². The van der Waals surface area contributed by atoms with Gasteiger partial charge in [0.05, 0.1) is 0 Å². The molecule has 0 unspecified atom stereocenters. The van der Waals surface area contributed by atoms with Crippen LogP contribution in [0.25, 0.3) is 0 Å². The van der Waals surface area contributed by atoms with Crippen molar-refractivity contribution in [3.05, 3.63) is 5.28 Å². The molecule has 0 fully saturated rings. The van der Waals surface area contributed by atoms with E-state index >= 15 is 0 Å². The molecule has 19 heavy (non-hydrogen) atoms. The van der Waals surface area contributed by atoms with Gasteiger partial charge in [0.15, 0.2) is 0 Å². The van der Waals surface area contributed by atoms with Crippen LogP contribution in [0.4, 0.5) is 17.8 Å². The molecule has 0 amide bonds. The molecule has 2 N–H and O–H groups in total. The lowest BCUT2D eigenvalue weighted by atomic mass is 10.7. The molecule has 0 aliphatic rings. The highest BCUT2D eigenvalue weighted by atomic mass is 35.5. The molecular weight excluding hydrogens is 290 g/mol. The van der Waals surface area contributed by atoms with E-state index in [0.717, 1.165) is 0 Å². The van der Waals surface area contributed by atoms with Gasteiger partial charge in [-0.15, -0.1) is 20.4 Å². The van der Waals surface area contributed by atoms with Gasteiger partial charge in [-0.25, -0.2) is 0 Å². The van der Waals surface area contributed by atoms with Crippen LogP contribution in [0.2, 0.25) is 5.28 Å². The Bertz CT molecular complexity index is 548. The molecule has 0 radical (unpaired) electrons. The number of anilines is 3. The summed E-state index contributed by atoms with van der Waals surface area (Å²) in [6, 6.07) is 0. The Labute approximate surface area is 118 Å². The molecular formula is C8H10ClN9S. The van der Waals surface area contributed by atoms with Crippen LogP contribution in [-0.4, -0.2) is 48.1 Å². The molecule has 100 valence electrons. The molecule has 0 aromatic carbocycles. The lowest BCUT2D eigenvalue weighted by molar-refractivity contribution is 0.754. The average molecular weight is 300 g/mol. The van der Waals surface area contributed by atoms with Gasteiger partial charge in [-0.1, -0.05) is 11.8 Å². The summed E-state index contributed by atoms with van der Waals surface area (Å²) in [5.74, 6) is 0.769. The molecule has 0 aliphatic heterocycles. The van der Waals surface area contributed by atoms with Gasteiger partial charge in [-0.3, -0.25) is 5.32 Å². The number of nitrogens with zero attached hydrogens (tertiary/aromatic N) is 7. The Morgan fingerprint density at radius 3 is 2.32 bits per heavy atom. The summed E-state index contributed by atoms with van der Waals surface area (Å²) in [6.07, 6.45) is 1.83. The average Bonchev–Trinajstić information content (AvgIpc) is 2.39. The first-order valence-corrected chi connectivity index (χ1v) is 6.85. The van der Waals surface area contributed by atoms with Crippen LogP contribution < -0.4 is 10.6 Å². The van der Waals surface area contributed by atoms with Crippen molar-refractivity contribution in [3.63, 3.8) is 0 Å². The molecule has 0 spiro atoms. The minimum absolute atomic E-state index is 0.0649. The van der Waals surface area contributed by atoms with E-state index in [4.69, 9.17) is 11.6 Å². The molecule has 2 aromatic heterocycles. The Morgan fingerprint density at radius 2 is 1.68 bits per heavy atom. The molecule has 0 atom stereocenters. The Morgan fingerprint density at radius 1 is 1.00 bits per heavy atom. The van der Waals surface area contributed by atoms with Gasteiger partial charge >= 0.3 is 0 Å². The Hall–Kier alpha value is -1.81. The van der Waals surface area contributed by atoms with Gasteiger partial charge in [0.1, 0.15) is 0 Å². The van der Waals surface area contributed by atoms with E-state index in [-0.39, 0.29) is 17.2 Å². The van der Waals surface area contributed by atoms with Gasteiger partial charge in [0.25, 0.3) is 5.95 Å². The van der Waals surface area contributed by atoms with Crippen LogP contribution in [0.3, 0.4) is 0 Å². The lowest BCUT2D eigenvalue weighted by Gasteiger charge is -2.05. The van der Waals surface area contributed by atoms with E-state index in [1.165, 1.54) is 11.8 Å². The standard InChI is InChI=1S/C8H10ClN9S/c1-3-10-5-11-4(9)12-6(13-5)14-7-15-17-8(19-2)18-16-7/h3H2,1-2H3,(H2,10,11,12,13,14,15,16). The monoisotopic (exact) mass is 299 g/mol. The first-order chi connectivity index (χ1) is 9.21. The van der Waals surface area contributed by atoms with Crippen LogP contribution in [-0.2, 0) is 0 Å². The van der Waals surface area contributed by atoms with Crippen LogP contribution >= 0.6 is 23.4 Å². The van der Waals surface area contributed by atoms with Crippen molar-refractivity contribution in [1.82, 2.24) is 35.3 Å². The summed E-state index contributed by atoms with van der Waals surface area (Å²) < 4.78 is 0. The highest BCUT2D eigenvalue weighted by Crippen LogP contribution is 2.12. The quantitative estimate of drug-likeness (QED) is 0.775. The first kappa shape index (κ1) is 13.6. The van der Waals surface area contributed by atoms with E-state index in [0.29, 0.717) is 17.6 Å². The highest BCUT2D eigenvalue weighted by molar-refractivity contribution is 7.98. The number of aromatic nitrogens is 7. The third-order valence-electron chi connectivity index (χ3n) is 1.81. The SMILES string of the molecule is CCNc1nc(Cl)nc(Nc2nnc(SC)nn2)n1. The zero-order chi connectivity index (χ0) is 13.7. The number of hydrogen-bond donors (Lipinski definition) is 2. The first-order valence-electron chi connectivity index (χ1n) is 5.25. The maximum absolute atomic E-state index is 5.78. The maximum atomic E-state index is 5.78. The normalized spacial score (nSPS) is 10.3. The maximum Gasteiger partial charge on any atom is 0.268 e. The fourth-order valence-electron chi connectivity index (χ4n) is 1.10. The van der Waals surface area contributed by atoms with Gasteiger partial charge in [0.2, 0.25) is 22.3 Å². The van der Waals surface area contributed by atoms with Gasteiger partial charge in [-0.2, -0.15) is 15.0 Å². The van der Waals surface area contributed by atoms with Crippen LogP contribution in [0.15, 0.2) is 5.16 Å². The number of halogens is 1. The molecule has 2 aromatic rings. The zero-order valence-corrected chi connectivity index (χ0v) is 11.7. The molecule has 0 aliphatic carbocycles. The summed E-state index contributed by atoms with van der Waals surface area (Å²) in [5.41, 5.74) is 0. The third-order valence-corrected chi connectivity index (χ3v) is 2.51. The summed E-state index contributed by atoms with van der Waals surface area (Å²) in [5, 5.41) is 21.6. The second kappa shape index (κ2) is 6.38. The second-order valence-corrected chi connectivity index (χ2v) is 4.23. The molecule has 11 heteroatoms. The fourth-order valence-corrected chi connectivity index (χ4v) is 1.50. The van der Waals surface area contributed by atoms with E-state index in [2.05, 4.69) is 46.0 Å². The Kier molecular flexibility index (Phi) is 4.58. The summed E-state index contributed by atoms with van der Waals surface area (Å²) >= 11 is 7.13. The van der Waals surface area contributed by atoms with Gasteiger partial charge < -0.3 is 5.32 Å². The number of rotatable bonds is 5. The van der Waals surface area contributed by atoms with Crippen molar-refractivity contribution in [2.45, 2.75) is 12.1 Å². The van der Waals surface area contributed by atoms with Crippen molar-refractivity contribution in [2.75, 3.05) is 23.4 Å². The van der Waals surface area contributed by atoms with Crippen molar-refractivity contribution in [1.29, 1.82) is 0 Å². The zero-order valence-electron chi connectivity index (χ0n) is 10.1. The lowest BCUT2D eigenvalue weighted by Crippen LogP contribution is -2.09.